The monoisotopic (exact) mass is 304 g/mol. The molecule has 0 saturated carbocycles. The third-order valence-corrected chi connectivity index (χ3v) is 3.37. The van der Waals surface area contributed by atoms with Gasteiger partial charge in [-0.3, -0.25) is 0 Å². The summed E-state index contributed by atoms with van der Waals surface area (Å²) in [7, 11) is 0. The first kappa shape index (κ1) is 15.2. The van der Waals surface area contributed by atoms with Crippen LogP contribution in [-0.2, 0) is 12.8 Å². The Bertz CT molecular complexity index is 710. The quantitative estimate of drug-likeness (QED) is 0.927. The minimum absolute atomic E-state index is 0.166. The van der Waals surface area contributed by atoms with Gasteiger partial charge in [-0.1, -0.05) is 25.4 Å². The molecule has 21 heavy (non-hydrogen) atoms. The normalized spacial score (nSPS) is 10.2. The van der Waals surface area contributed by atoms with Crippen molar-refractivity contribution in [2.75, 3.05) is 5.32 Å². The lowest BCUT2D eigenvalue weighted by atomic mass is 10.0. The van der Waals surface area contributed by atoms with Crippen LogP contribution < -0.4 is 5.32 Å². The van der Waals surface area contributed by atoms with Crippen molar-refractivity contribution in [2.24, 2.45) is 0 Å². The van der Waals surface area contributed by atoms with E-state index < -0.39 is 5.82 Å². The molecular formula is C15H14ClFN4. The molecule has 0 aliphatic carbocycles. The summed E-state index contributed by atoms with van der Waals surface area (Å²) in [5.41, 5.74) is 2.18. The second-order valence-corrected chi connectivity index (χ2v) is 4.85. The van der Waals surface area contributed by atoms with Crippen LogP contribution in [-0.4, -0.2) is 10.2 Å². The molecule has 0 unspecified atom stereocenters. The van der Waals surface area contributed by atoms with Crippen LogP contribution in [0.2, 0.25) is 5.02 Å². The van der Waals surface area contributed by atoms with E-state index in [0.717, 1.165) is 11.3 Å². The van der Waals surface area contributed by atoms with E-state index in [4.69, 9.17) is 11.6 Å². The van der Waals surface area contributed by atoms with Crippen LogP contribution in [0.15, 0.2) is 18.2 Å². The van der Waals surface area contributed by atoms with E-state index in [9.17, 15) is 9.65 Å². The highest BCUT2D eigenvalue weighted by Crippen LogP contribution is 2.26. The lowest BCUT2D eigenvalue weighted by molar-refractivity contribution is 0.631. The Balaban J connectivity index is 2.50. The molecule has 1 aromatic heterocycles. The zero-order valence-electron chi connectivity index (χ0n) is 11.7. The second kappa shape index (κ2) is 6.51. The fourth-order valence-corrected chi connectivity index (χ4v) is 2.27. The van der Waals surface area contributed by atoms with Crippen molar-refractivity contribution >= 4 is 23.1 Å². The molecule has 1 aromatic carbocycles. The molecule has 0 saturated heterocycles. The summed E-state index contributed by atoms with van der Waals surface area (Å²) in [6, 6.07) is 6.28. The minimum atomic E-state index is -0.470. The van der Waals surface area contributed by atoms with Gasteiger partial charge in [0.05, 0.1) is 11.4 Å². The summed E-state index contributed by atoms with van der Waals surface area (Å²) in [6.45, 7) is 3.90. The van der Waals surface area contributed by atoms with Gasteiger partial charge < -0.3 is 5.32 Å². The van der Waals surface area contributed by atoms with Gasteiger partial charge >= 0.3 is 0 Å². The van der Waals surface area contributed by atoms with Crippen molar-refractivity contribution in [3.63, 3.8) is 0 Å². The molecular weight excluding hydrogens is 291 g/mol. The fraction of sp³-hybridized carbons (Fsp3) is 0.267. The molecule has 4 nitrogen and oxygen atoms in total. The van der Waals surface area contributed by atoms with Crippen molar-refractivity contribution in [3.05, 3.63) is 45.9 Å². The molecule has 0 bridgehead atoms. The maximum Gasteiger partial charge on any atom is 0.171 e. The highest BCUT2D eigenvalue weighted by atomic mass is 35.5. The Kier molecular flexibility index (Phi) is 4.71. The number of halogens is 2. The fourth-order valence-electron chi connectivity index (χ4n) is 2.10. The number of rotatable bonds is 4. The largest absolute Gasteiger partial charge is 0.335 e. The number of nitriles is 1. The second-order valence-electron chi connectivity index (χ2n) is 4.42. The third-order valence-electron chi connectivity index (χ3n) is 3.14. The topological polar surface area (TPSA) is 61.6 Å². The highest BCUT2D eigenvalue weighted by Gasteiger charge is 2.15. The molecule has 0 fully saturated rings. The maximum absolute atomic E-state index is 13.8. The molecule has 1 N–H and O–H groups in total. The van der Waals surface area contributed by atoms with Crippen LogP contribution >= 0.6 is 11.6 Å². The van der Waals surface area contributed by atoms with E-state index in [0.29, 0.717) is 23.4 Å². The predicted octanol–water partition coefficient (Wildman–Crippen LogP) is 4.01. The summed E-state index contributed by atoms with van der Waals surface area (Å²) < 4.78 is 13.8. The zero-order chi connectivity index (χ0) is 15.4. The molecule has 2 rings (SSSR count). The first-order chi connectivity index (χ1) is 10.1. The molecule has 0 amide bonds. The average Bonchev–Trinajstić information content (AvgIpc) is 2.50. The highest BCUT2D eigenvalue weighted by molar-refractivity contribution is 6.30. The number of nitrogens with zero attached hydrogens (tertiary/aromatic N) is 3. The van der Waals surface area contributed by atoms with Crippen molar-refractivity contribution < 1.29 is 4.39 Å². The summed E-state index contributed by atoms with van der Waals surface area (Å²) in [6.07, 6.45) is 1.35. The van der Waals surface area contributed by atoms with Gasteiger partial charge in [0.2, 0.25) is 0 Å². The van der Waals surface area contributed by atoms with Crippen LogP contribution in [0.1, 0.15) is 30.7 Å². The molecule has 0 atom stereocenters. The van der Waals surface area contributed by atoms with Gasteiger partial charge in [-0.05, 0) is 36.6 Å². The van der Waals surface area contributed by atoms with Crippen molar-refractivity contribution in [1.82, 2.24) is 10.2 Å². The van der Waals surface area contributed by atoms with Gasteiger partial charge in [0.1, 0.15) is 17.4 Å². The Hall–Kier alpha value is -2.19. The van der Waals surface area contributed by atoms with Crippen LogP contribution in [0.5, 0.6) is 0 Å². The van der Waals surface area contributed by atoms with E-state index in [1.54, 1.807) is 0 Å². The number of hydrogen-bond donors (Lipinski definition) is 1. The number of anilines is 2. The van der Waals surface area contributed by atoms with Crippen molar-refractivity contribution in [1.29, 1.82) is 5.26 Å². The van der Waals surface area contributed by atoms with Gasteiger partial charge in [0, 0.05) is 5.02 Å². The summed E-state index contributed by atoms with van der Waals surface area (Å²) >= 11 is 5.86. The molecule has 2 aromatic rings. The zero-order valence-corrected chi connectivity index (χ0v) is 12.5. The molecule has 6 heteroatoms. The predicted molar refractivity (Wildman–Crippen MR) is 80.2 cm³/mol. The van der Waals surface area contributed by atoms with Gasteiger partial charge in [-0.2, -0.15) is 10.4 Å². The average molecular weight is 305 g/mol. The van der Waals surface area contributed by atoms with Crippen molar-refractivity contribution in [2.45, 2.75) is 26.7 Å². The van der Waals surface area contributed by atoms with E-state index >= 15 is 0 Å². The first-order valence-corrected chi connectivity index (χ1v) is 6.99. The number of nitrogens with one attached hydrogen (secondary N) is 1. The molecule has 0 radical (unpaired) electrons. The number of hydrogen-bond acceptors (Lipinski definition) is 4. The summed E-state index contributed by atoms with van der Waals surface area (Å²) in [5.74, 6) is -0.226. The molecule has 0 spiro atoms. The third kappa shape index (κ3) is 3.11. The molecule has 108 valence electrons. The Morgan fingerprint density at radius 3 is 2.67 bits per heavy atom. The van der Waals surface area contributed by atoms with Gasteiger partial charge in [-0.25, -0.2) is 4.39 Å². The first-order valence-electron chi connectivity index (χ1n) is 6.61. The minimum Gasteiger partial charge on any atom is -0.335 e. The summed E-state index contributed by atoms with van der Waals surface area (Å²) in [4.78, 5) is 0. The van der Waals surface area contributed by atoms with Gasteiger partial charge in [0.15, 0.2) is 5.82 Å². The van der Waals surface area contributed by atoms with E-state index in [1.165, 1.54) is 18.2 Å². The van der Waals surface area contributed by atoms with Gasteiger partial charge in [-0.15, -0.1) is 5.10 Å². The van der Waals surface area contributed by atoms with Crippen LogP contribution in [0.4, 0.5) is 15.9 Å². The Morgan fingerprint density at radius 1 is 1.29 bits per heavy atom. The lowest BCUT2D eigenvalue weighted by Crippen LogP contribution is -2.08. The standard InChI is InChI=1S/C15H14ClFN4/c1-3-10-11(8-18)15(21-20-13(10)4-2)19-14-7-9(16)5-6-12(14)17/h5-7H,3-4H2,1-2H3,(H,19,21). The number of aryl methyl sites for hydroxylation is 1. The van der Waals surface area contributed by atoms with E-state index in [2.05, 4.69) is 21.6 Å². The van der Waals surface area contributed by atoms with Crippen molar-refractivity contribution in [3.8, 4) is 6.07 Å². The summed E-state index contributed by atoms with van der Waals surface area (Å²) in [5, 5.41) is 20.7. The smallest absolute Gasteiger partial charge is 0.171 e. The lowest BCUT2D eigenvalue weighted by Gasteiger charge is -2.12. The SMILES string of the molecule is CCc1nnc(Nc2cc(Cl)ccc2F)c(C#N)c1CC. The molecule has 0 aliphatic heterocycles. The number of benzene rings is 1. The van der Waals surface area contributed by atoms with Crippen LogP contribution in [0.3, 0.4) is 0 Å². The van der Waals surface area contributed by atoms with E-state index in [1.807, 2.05) is 13.8 Å². The van der Waals surface area contributed by atoms with Crippen LogP contribution in [0, 0.1) is 17.1 Å². The Morgan fingerprint density at radius 2 is 2.05 bits per heavy atom. The molecule has 1 heterocycles. The van der Waals surface area contributed by atoms with Gasteiger partial charge in [0.25, 0.3) is 0 Å². The van der Waals surface area contributed by atoms with Crippen LogP contribution in [0.25, 0.3) is 0 Å². The van der Waals surface area contributed by atoms with E-state index in [-0.39, 0.29) is 11.5 Å². The number of aromatic nitrogens is 2. The Labute approximate surface area is 127 Å². The molecule has 0 aliphatic rings. The maximum atomic E-state index is 13.8.